The van der Waals surface area contributed by atoms with Gasteiger partial charge in [-0.15, -0.1) is 0 Å². The molecule has 3 nitrogen and oxygen atoms in total. The van der Waals surface area contributed by atoms with Gasteiger partial charge in [-0.1, -0.05) is 35.0 Å². The van der Waals surface area contributed by atoms with Crippen molar-refractivity contribution in [2.45, 2.75) is 33.2 Å². The Balaban J connectivity index is 2.80. The normalized spacial score (nSPS) is 13.2. The molecule has 1 rings (SSSR count). The molecule has 3 N–H and O–H groups in total. The lowest BCUT2D eigenvalue weighted by molar-refractivity contribution is -0.129. The molecule has 0 aromatic heterocycles. The molecule has 0 spiro atoms. The molecule has 100 valence electrons. The topological polar surface area (TPSA) is 55.1 Å². The van der Waals surface area contributed by atoms with E-state index in [0.29, 0.717) is 6.54 Å². The summed E-state index contributed by atoms with van der Waals surface area (Å²) in [4.78, 5) is 12.1. The molecule has 1 amide bonds. The fraction of sp³-hybridized carbons (Fsp3) is 0.500. The Kier molecular flexibility index (Phi) is 5.35. The van der Waals surface area contributed by atoms with E-state index in [2.05, 4.69) is 28.2 Å². The van der Waals surface area contributed by atoms with E-state index in [9.17, 15) is 4.79 Å². The van der Waals surface area contributed by atoms with E-state index < -0.39 is 5.41 Å². The molecule has 1 unspecified atom stereocenters. The van der Waals surface area contributed by atoms with Crippen LogP contribution in [0.3, 0.4) is 0 Å². The maximum Gasteiger partial charge on any atom is 0.227 e. The molecule has 1 aromatic rings. The van der Waals surface area contributed by atoms with Crippen molar-refractivity contribution in [3.05, 3.63) is 34.3 Å². The van der Waals surface area contributed by atoms with E-state index in [-0.39, 0.29) is 11.9 Å². The van der Waals surface area contributed by atoms with E-state index in [1.54, 1.807) is 0 Å². The summed E-state index contributed by atoms with van der Waals surface area (Å²) < 4.78 is 1.04. The molecule has 4 heteroatoms. The van der Waals surface area contributed by atoms with E-state index in [0.717, 1.165) is 16.5 Å². The van der Waals surface area contributed by atoms with Gasteiger partial charge in [0.1, 0.15) is 0 Å². The van der Waals surface area contributed by atoms with Crippen molar-refractivity contribution in [1.82, 2.24) is 5.32 Å². The van der Waals surface area contributed by atoms with Crippen molar-refractivity contribution in [1.29, 1.82) is 0 Å². The highest BCUT2D eigenvalue weighted by Crippen LogP contribution is 2.22. The van der Waals surface area contributed by atoms with Crippen LogP contribution in [-0.4, -0.2) is 12.5 Å². The fourth-order valence-electron chi connectivity index (χ4n) is 1.56. The van der Waals surface area contributed by atoms with Gasteiger partial charge in [-0.05, 0) is 38.0 Å². The van der Waals surface area contributed by atoms with Crippen LogP contribution in [-0.2, 0) is 4.79 Å². The average molecular weight is 313 g/mol. The summed E-state index contributed by atoms with van der Waals surface area (Å²) in [5.41, 5.74) is 6.20. The van der Waals surface area contributed by atoms with Crippen LogP contribution in [0.5, 0.6) is 0 Å². The Labute approximate surface area is 117 Å². The van der Waals surface area contributed by atoms with Gasteiger partial charge in [0.25, 0.3) is 0 Å². The number of hydrogen-bond donors (Lipinski definition) is 2. The molecule has 1 atom stereocenters. The summed E-state index contributed by atoms with van der Waals surface area (Å²) in [7, 11) is 0. The van der Waals surface area contributed by atoms with Crippen molar-refractivity contribution in [2.24, 2.45) is 11.1 Å². The maximum absolute atomic E-state index is 12.1. The number of nitrogens with two attached hydrogens (primary N) is 1. The second-order valence-electron chi connectivity index (χ2n) is 5.07. The van der Waals surface area contributed by atoms with Crippen LogP contribution in [0.1, 0.15) is 38.8 Å². The summed E-state index contributed by atoms with van der Waals surface area (Å²) in [5, 5.41) is 3.06. The fourth-order valence-corrected chi connectivity index (χ4v) is 1.83. The molecule has 18 heavy (non-hydrogen) atoms. The Morgan fingerprint density at radius 2 is 1.94 bits per heavy atom. The number of halogens is 1. The van der Waals surface area contributed by atoms with Gasteiger partial charge in [0.05, 0.1) is 11.5 Å². The predicted octanol–water partition coefficient (Wildman–Crippen LogP) is 3.00. The average Bonchev–Trinajstić information content (AvgIpc) is 2.36. The number of amides is 1. The molecule has 0 aliphatic rings. The Morgan fingerprint density at radius 3 is 2.39 bits per heavy atom. The summed E-state index contributed by atoms with van der Waals surface area (Å²) in [5.74, 6) is -0.000214. The highest BCUT2D eigenvalue weighted by Gasteiger charge is 2.27. The number of benzene rings is 1. The number of rotatable bonds is 5. The smallest absolute Gasteiger partial charge is 0.227 e. The first-order valence-electron chi connectivity index (χ1n) is 6.17. The molecule has 0 radical (unpaired) electrons. The van der Waals surface area contributed by atoms with Crippen LogP contribution >= 0.6 is 15.9 Å². The minimum atomic E-state index is -0.525. The largest absolute Gasteiger partial charge is 0.349 e. The number of carbonyl (C=O) groups is 1. The van der Waals surface area contributed by atoms with Gasteiger partial charge in [-0.3, -0.25) is 4.79 Å². The predicted molar refractivity (Wildman–Crippen MR) is 78.2 cm³/mol. The molecule has 0 fully saturated rings. The number of nitrogens with one attached hydrogen (secondary N) is 1. The maximum atomic E-state index is 12.1. The molecule has 1 aromatic carbocycles. The Bertz CT molecular complexity index is 401. The number of hydrogen-bond acceptors (Lipinski definition) is 2. The standard InChI is InChI=1S/C14H21BrN2O/c1-4-12(10-5-7-11(15)8-6-10)17-13(18)14(2,3)9-16/h5-8,12H,4,9,16H2,1-3H3,(H,17,18). The monoisotopic (exact) mass is 312 g/mol. The van der Waals surface area contributed by atoms with E-state index in [1.807, 2.05) is 38.1 Å². The SMILES string of the molecule is CCC(NC(=O)C(C)(C)CN)c1ccc(Br)cc1. The molecule has 0 aliphatic carbocycles. The quantitative estimate of drug-likeness (QED) is 0.878. The van der Waals surface area contributed by atoms with Gasteiger partial charge in [0.2, 0.25) is 5.91 Å². The van der Waals surface area contributed by atoms with Gasteiger partial charge >= 0.3 is 0 Å². The zero-order valence-corrected chi connectivity index (χ0v) is 12.8. The van der Waals surface area contributed by atoms with Crippen LogP contribution in [0.25, 0.3) is 0 Å². The van der Waals surface area contributed by atoms with Crippen LogP contribution in [0.2, 0.25) is 0 Å². The molecular weight excluding hydrogens is 292 g/mol. The van der Waals surface area contributed by atoms with Gasteiger partial charge < -0.3 is 11.1 Å². The number of carbonyl (C=O) groups excluding carboxylic acids is 1. The van der Waals surface area contributed by atoms with Crippen molar-refractivity contribution in [2.75, 3.05) is 6.54 Å². The zero-order valence-electron chi connectivity index (χ0n) is 11.2. The Hall–Kier alpha value is -0.870. The summed E-state index contributed by atoms with van der Waals surface area (Å²) in [6, 6.07) is 8.05. The summed E-state index contributed by atoms with van der Waals surface area (Å²) in [6.07, 6.45) is 0.855. The highest BCUT2D eigenvalue weighted by atomic mass is 79.9. The van der Waals surface area contributed by atoms with Crippen LogP contribution in [0.4, 0.5) is 0 Å². The molecule has 0 saturated heterocycles. The van der Waals surface area contributed by atoms with Gasteiger partial charge in [0, 0.05) is 11.0 Å². The third kappa shape index (κ3) is 3.82. The third-order valence-electron chi connectivity index (χ3n) is 3.11. The first-order chi connectivity index (χ1) is 8.40. The second kappa shape index (κ2) is 6.34. The van der Waals surface area contributed by atoms with Gasteiger partial charge in [0.15, 0.2) is 0 Å². The minimum Gasteiger partial charge on any atom is -0.349 e. The lowest BCUT2D eigenvalue weighted by Crippen LogP contribution is -2.43. The highest BCUT2D eigenvalue weighted by molar-refractivity contribution is 9.10. The lowest BCUT2D eigenvalue weighted by Gasteiger charge is -2.26. The minimum absolute atomic E-state index is 0.000214. The zero-order chi connectivity index (χ0) is 13.8. The molecule has 0 heterocycles. The molecule has 0 aliphatic heterocycles. The summed E-state index contributed by atoms with van der Waals surface area (Å²) >= 11 is 3.41. The summed E-state index contributed by atoms with van der Waals surface area (Å²) in [6.45, 7) is 6.12. The van der Waals surface area contributed by atoms with E-state index in [1.165, 1.54) is 0 Å². The van der Waals surface area contributed by atoms with Gasteiger partial charge in [-0.2, -0.15) is 0 Å². The Morgan fingerprint density at radius 1 is 1.39 bits per heavy atom. The van der Waals surface area contributed by atoms with Crippen molar-refractivity contribution >= 4 is 21.8 Å². The molecular formula is C14H21BrN2O. The van der Waals surface area contributed by atoms with E-state index >= 15 is 0 Å². The van der Waals surface area contributed by atoms with Gasteiger partial charge in [-0.25, -0.2) is 0 Å². The molecule has 0 saturated carbocycles. The lowest BCUT2D eigenvalue weighted by atomic mass is 9.91. The molecule has 0 bridgehead atoms. The van der Waals surface area contributed by atoms with Crippen LogP contribution in [0, 0.1) is 5.41 Å². The van der Waals surface area contributed by atoms with Crippen LogP contribution in [0.15, 0.2) is 28.7 Å². The first-order valence-corrected chi connectivity index (χ1v) is 6.96. The van der Waals surface area contributed by atoms with Crippen LogP contribution < -0.4 is 11.1 Å². The third-order valence-corrected chi connectivity index (χ3v) is 3.64. The first kappa shape index (κ1) is 15.2. The second-order valence-corrected chi connectivity index (χ2v) is 5.99. The van der Waals surface area contributed by atoms with Crippen molar-refractivity contribution < 1.29 is 4.79 Å². The van der Waals surface area contributed by atoms with Crippen molar-refractivity contribution in [3.63, 3.8) is 0 Å². The van der Waals surface area contributed by atoms with Crippen molar-refractivity contribution in [3.8, 4) is 0 Å². The van der Waals surface area contributed by atoms with E-state index in [4.69, 9.17) is 5.73 Å².